The van der Waals surface area contributed by atoms with Gasteiger partial charge in [-0.25, -0.2) is 4.79 Å². The minimum absolute atomic E-state index is 0.0137. The van der Waals surface area contributed by atoms with E-state index in [1.807, 2.05) is 24.3 Å². The number of aliphatic carboxylic acids is 1. The number of halogens is 4. The second kappa shape index (κ2) is 13.8. The molecule has 2 N–H and O–H groups in total. The fraction of sp³-hybridized carbons (Fsp3) is 0.355. The van der Waals surface area contributed by atoms with Crippen LogP contribution in [0.3, 0.4) is 0 Å². The van der Waals surface area contributed by atoms with Crippen LogP contribution in [0.5, 0.6) is 5.75 Å². The number of anilines is 2. The van der Waals surface area contributed by atoms with Crippen molar-refractivity contribution >= 4 is 35.0 Å². The largest absolute Gasteiger partial charge is 0.494 e. The van der Waals surface area contributed by atoms with Gasteiger partial charge in [-0.1, -0.05) is 55.1 Å². The molecule has 10 heteroatoms. The maximum atomic E-state index is 13.5. The number of nitrogens with one attached hydrogen (secondary N) is 1. The number of carbonyl (C=O) groups is 2. The predicted octanol–water partition coefficient (Wildman–Crippen LogP) is 8.89. The molecule has 1 saturated carbocycles. The van der Waals surface area contributed by atoms with Crippen molar-refractivity contribution in [3.05, 3.63) is 88.4 Å². The third-order valence-corrected chi connectivity index (χ3v) is 7.45. The van der Waals surface area contributed by atoms with Gasteiger partial charge in [-0.3, -0.25) is 9.69 Å². The molecule has 0 spiro atoms. The number of amides is 2. The van der Waals surface area contributed by atoms with Gasteiger partial charge < -0.3 is 15.2 Å². The molecular formula is C31H32ClF3N2O4. The van der Waals surface area contributed by atoms with E-state index in [0.717, 1.165) is 30.5 Å². The van der Waals surface area contributed by atoms with Crippen LogP contribution in [-0.2, 0) is 17.5 Å². The minimum atomic E-state index is -4.66. The Balaban J connectivity index is 1.53. The first kappa shape index (κ1) is 30.2. The lowest BCUT2D eigenvalue weighted by molar-refractivity contribution is -0.138. The van der Waals surface area contributed by atoms with Crippen molar-refractivity contribution < 1.29 is 32.6 Å². The summed E-state index contributed by atoms with van der Waals surface area (Å²) in [7, 11) is 0. The average Bonchev–Trinajstić information content (AvgIpc) is 2.95. The fourth-order valence-corrected chi connectivity index (χ4v) is 5.17. The molecule has 0 unspecified atom stereocenters. The van der Waals surface area contributed by atoms with Gasteiger partial charge in [-0.05, 0) is 78.8 Å². The lowest BCUT2D eigenvalue weighted by Gasteiger charge is -2.26. The maximum Gasteiger partial charge on any atom is 0.417 e. The first-order chi connectivity index (χ1) is 19.6. The number of carbonyl (C=O) groups excluding carboxylic acids is 1. The lowest BCUT2D eigenvalue weighted by Crippen LogP contribution is -2.34. The zero-order valence-electron chi connectivity index (χ0n) is 22.4. The van der Waals surface area contributed by atoms with Crippen LogP contribution in [0, 0.1) is 0 Å². The summed E-state index contributed by atoms with van der Waals surface area (Å²) in [6, 6.07) is 17.5. The fourth-order valence-electron chi connectivity index (χ4n) is 4.94. The van der Waals surface area contributed by atoms with Gasteiger partial charge in [0, 0.05) is 17.8 Å². The van der Waals surface area contributed by atoms with E-state index in [2.05, 4.69) is 5.32 Å². The Hall–Kier alpha value is -3.72. The van der Waals surface area contributed by atoms with Gasteiger partial charge >= 0.3 is 18.2 Å². The molecule has 0 aromatic heterocycles. The Morgan fingerprint density at radius 1 is 0.976 bits per heavy atom. The van der Waals surface area contributed by atoms with Crippen molar-refractivity contribution in [3.8, 4) is 5.75 Å². The molecular weight excluding hydrogens is 557 g/mol. The third-order valence-electron chi connectivity index (χ3n) is 7.12. The molecule has 0 bridgehead atoms. The highest BCUT2D eigenvalue weighted by molar-refractivity contribution is 6.31. The number of hydrogen-bond acceptors (Lipinski definition) is 3. The summed E-state index contributed by atoms with van der Waals surface area (Å²) in [5, 5.41) is 10.9. The standard InChI is InChI=1S/C31H32ClF3N2O4/c32-28-17-12-24(19-27(28)31(33,34)35)36-30(40)37(25-13-10-23(11-14-25)22-5-2-1-3-6-22)20-21-8-15-26(16-9-21)41-18-4-7-29(38)39/h8-17,19,22H,1-7,18,20H2,(H,36,40)(H,38,39). The van der Waals surface area contributed by atoms with Crippen LogP contribution in [0.2, 0.25) is 5.02 Å². The van der Waals surface area contributed by atoms with Crippen LogP contribution >= 0.6 is 11.6 Å². The highest BCUT2D eigenvalue weighted by Gasteiger charge is 2.33. The molecule has 3 aromatic carbocycles. The summed E-state index contributed by atoms with van der Waals surface area (Å²) < 4.78 is 45.8. The molecule has 41 heavy (non-hydrogen) atoms. The molecule has 1 fully saturated rings. The molecule has 218 valence electrons. The van der Waals surface area contributed by atoms with Crippen molar-refractivity contribution in [3.63, 3.8) is 0 Å². The van der Waals surface area contributed by atoms with Gasteiger partial charge in [0.15, 0.2) is 0 Å². The van der Waals surface area contributed by atoms with E-state index < -0.39 is 28.8 Å². The molecule has 3 aromatic rings. The molecule has 0 aliphatic heterocycles. The van der Waals surface area contributed by atoms with Crippen LogP contribution in [0.1, 0.15) is 67.6 Å². The topological polar surface area (TPSA) is 78.9 Å². The van der Waals surface area contributed by atoms with E-state index in [1.54, 1.807) is 24.3 Å². The number of benzene rings is 3. The lowest BCUT2D eigenvalue weighted by atomic mass is 9.84. The first-order valence-electron chi connectivity index (χ1n) is 13.6. The molecule has 0 heterocycles. The van der Waals surface area contributed by atoms with Gasteiger partial charge in [-0.15, -0.1) is 0 Å². The monoisotopic (exact) mass is 588 g/mol. The second-order valence-electron chi connectivity index (χ2n) is 10.1. The van der Waals surface area contributed by atoms with Gasteiger partial charge in [0.05, 0.1) is 23.7 Å². The van der Waals surface area contributed by atoms with E-state index in [1.165, 1.54) is 35.8 Å². The quantitative estimate of drug-likeness (QED) is 0.232. The summed E-state index contributed by atoms with van der Waals surface area (Å²) in [5.41, 5.74) is 1.52. The highest BCUT2D eigenvalue weighted by Crippen LogP contribution is 2.37. The maximum absolute atomic E-state index is 13.5. The summed E-state index contributed by atoms with van der Waals surface area (Å²) in [5.74, 6) is 0.160. The van der Waals surface area contributed by atoms with Gasteiger partial charge in [-0.2, -0.15) is 13.2 Å². The SMILES string of the molecule is O=C(O)CCCOc1ccc(CN(C(=O)Nc2ccc(Cl)c(C(F)(F)F)c2)c2ccc(C3CCCCC3)cc2)cc1. The highest BCUT2D eigenvalue weighted by atomic mass is 35.5. The van der Waals surface area contributed by atoms with Gasteiger partial charge in [0.2, 0.25) is 0 Å². The summed E-state index contributed by atoms with van der Waals surface area (Å²) >= 11 is 5.75. The molecule has 0 atom stereocenters. The minimum Gasteiger partial charge on any atom is -0.494 e. The Morgan fingerprint density at radius 2 is 1.66 bits per heavy atom. The number of ether oxygens (including phenoxy) is 1. The normalized spacial score (nSPS) is 14.0. The number of carboxylic acids is 1. The summed E-state index contributed by atoms with van der Waals surface area (Å²) in [4.78, 5) is 25.6. The smallest absolute Gasteiger partial charge is 0.417 e. The zero-order valence-corrected chi connectivity index (χ0v) is 23.2. The van der Waals surface area contributed by atoms with E-state index in [9.17, 15) is 22.8 Å². The van der Waals surface area contributed by atoms with Crippen molar-refractivity contribution in [2.24, 2.45) is 0 Å². The number of hydrogen-bond donors (Lipinski definition) is 2. The van der Waals surface area contributed by atoms with Crippen molar-refractivity contribution in [1.82, 2.24) is 0 Å². The van der Waals surface area contributed by atoms with Crippen LogP contribution in [0.15, 0.2) is 66.7 Å². The molecule has 4 rings (SSSR count). The van der Waals surface area contributed by atoms with Crippen LogP contribution < -0.4 is 15.0 Å². The Bertz CT molecular complexity index is 1320. The van der Waals surface area contributed by atoms with Crippen molar-refractivity contribution in [2.75, 3.05) is 16.8 Å². The van der Waals surface area contributed by atoms with E-state index in [4.69, 9.17) is 21.4 Å². The predicted molar refractivity (Wildman–Crippen MR) is 153 cm³/mol. The van der Waals surface area contributed by atoms with Gasteiger partial charge in [0.1, 0.15) is 5.75 Å². The average molecular weight is 589 g/mol. The molecule has 1 aliphatic carbocycles. The number of carboxylic acid groups (broad SMARTS) is 1. The molecule has 0 saturated heterocycles. The molecule has 0 radical (unpaired) electrons. The van der Waals surface area contributed by atoms with Crippen LogP contribution in [-0.4, -0.2) is 23.7 Å². The van der Waals surface area contributed by atoms with Gasteiger partial charge in [0.25, 0.3) is 0 Å². The van der Waals surface area contributed by atoms with Crippen LogP contribution in [0.4, 0.5) is 29.3 Å². The van der Waals surface area contributed by atoms with Crippen LogP contribution in [0.25, 0.3) is 0 Å². The third kappa shape index (κ3) is 8.63. The van der Waals surface area contributed by atoms with Crippen molar-refractivity contribution in [2.45, 2.75) is 63.6 Å². The first-order valence-corrected chi connectivity index (χ1v) is 14.0. The Kier molecular flexibility index (Phi) is 10.2. The zero-order chi connectivity index (χ0) is 29.4. The summed E-state index contributed by atoms with van der Waals surface area (Å²) in [6.07, 6.45) is 1.63. The number of urea groups is 1. The van der Waals surface area contributed by atoms with E-state index in [-0.39, 0.29) is 25.3 Å². The van der Waals surface area contributed by atoms with Crippen molar-refractivity contribution in [1.29, 1.82) is 0 Å². The number of alkyl halides is 3. The molecule has 1 aliphatic rings. The Labute approximate surface area is 242 Å². The van der Waals surface area contributed by atoms with E-state index >= 15 is 0 Å². The molecule has 6 nitrogen and oxygen atoms in total. The molecule has 2 amide bonds. The second-order valence-corrected chi connectivity index (χ2v) is 10.5. The number of rotatable bonds is 10. The van der Waals surface area contributed by atoms with E-state index in [0.29, 0.717) is 23.8 Å². The number of nitrogens with zero attached hydrogens (tertiary/aromatic N) is 1. The Morgan fingerprint density at radius 3 is 2.29 bits per heavy atom. The summed E-state index contributed by atoms with van der Waals surface area (Å²) in [6.45, 7) is 0.405.